The number of aliphatic hydroxyl groups is 1. The second kappa shape index (κ2) is 5.95. The van der Waals surface area contributed by atoms with Gasteiger partial charge in [0, 0.05) is 0 Å². The summed E-state index contributed by atoms with van der Waals surface area (Å²) >= 11 is 2.87. The quantitative estimate of drug-likeness (QED) is 0.721. The van der Waals surface area contributed by atoms with Gasteiger partial charge in [0.05, 0.1) is 15.5 Å². The van der Waals surface area contributed by atoms with Gasteiger partial charge in [-0.1, -0.05) is 0 Å². The fraction of sp³-hybridized carbons (Fsp3) is 0.300. The molecule has 1 aromatic carbocycles. The molecule has 2 atom stereocenters. The number of aliphatic hydroxyl groups excluding tert-OH is 1. The van der Waals surface area contributed by atoms with Crippen LogP contribution in [-0.2, 0) is 14.8 Å². The van der Waals surface area contributed by atoms with Gasteiger partial charge in [-0.05, 0) is 41.1 Å². The van der Waals surface area contributed by atoms with Crippen LogP contribution in [0.5, 0.6) is 0 Å². The fourth-order valence-electron chi connectivity index (χ4n) is 1.23. The monoisotopic (exact) mass is 355 g/mol. The molecule has 0 heterocycles. The lowest BCUT2D eigenvalue weighted by atomic mass is 10.2. The first-order valence-corrected chi connectivity index (χ1v) is 7.31. The molecule has 6 nitrogen and oxygen atoms in total. The zero-order valence-corrected chi connectivity index (χ0v) is 12.1. The van der Waals surface area contributed by atoms with Gasteiger partial charge in [0.1, 0.15) is 11.9 Å². The molecule has 106 valence electrons. The summed E-state index contributed by atoms with van der Waals surface area (Å²) in [5.74, 6) is -2.33. The molecule has 0 unspecified atom stereocenters. The fourth-order valence-corrected chi connectivity index (χ4v) is 2.76. The Balaban J connectivity index is 3.10. The lowest BCUT2D eigenvalue weighted by molar-refractivity contribution is -0.141. The van der Waals surface area contributed by atoms with Crippen LogP contribution in [0.15, 0.2) is 27.6 Å². The average molecular weight is 356 g/mol. The lowest BCUT2D eigenvalue weighted by Gasteiger charge is -2.17. The minimum Gasteiger partial charge on any atom is -0.480 e. The minimum absolute atomic E-state index is 0.0803. The van der Waals surface area contributed by atoms with Gasteiger partial charge in [0.2, 0.25) is 10.0 Å². The molecule has 0 aromatic heterocycles. The maximum absolute atomic E-state index is 13.3. The van der Waals surface area contributed by atoms with Gasteiger partial charge >= 0.3 is 5.97 Å². The number of carbonyl (C=O) groups is 1. The van der Waals surface area contributed by atoms with Crippen molar-refractivity contribution in [1.82, 2.24) is 4.72 Å². The third-order valence-corrected chi connectivity index (χ3v) is 4.31. The Kier molecular flexibility index (Phi) is 5.02. The average Bonchev–Trinajstić information content (AvgIpc) is 2.28. The maximum Gasteiger partial charge on any atom is 0.324 e. The Hall–Kier alpha value is -1.03. The zero-order chi connectivity index (χ0) is 14.8. The summed E-state index contributed by atoms with van der Waals surface area (Å²) in [7, 11) is -4.24. The Labute approximate surface area is 117 Å². The van der Waals surface area contributed by atoms with E-state index in [0.717, 1.165) is 19.1 Å². The summed E-state index contributed by atoms with van der Waals surface area (Å²) in [6, 6.07) is 1.32. The highest BCUT2D eigenvalue weighted by Crippen LogP contribution is 2.19. The summed E-state index contributed by atoms with van der Waals surface area (Å²) < 4.78 is 38.8. The Bertz CT molecular complexity index is 590. The predicted octanol–water partition coefficient (Wildman–Crippen LogP) is 0.700. The van der Waals surface area contributed by atoms with Gasteiger partial charge < -0.3 is 10.2 Å². The number of carboxylic acid groups (broad SMARTS) is 1. The van der Waals surface area contributed by atoms with Crippen LogP contribution >= 0.6 is 15.9 Å². The summed E-state index contributed by atoms with van der Waals surface area (Å²) in [5, 5.41) is 18.0. The van der Waals surface area contributed by atoms with E-state index < -0.39 is 38.9 Å². The SMILES string of the molecule is C[C@@H](O)[C@H](NS(=O)(=O)c1ccc(Br)c(F)c1)C(=O)O. The number of rotatable bonds is 5. The summed E-state index contributed by atoms with van der Waals surface area (Å²) in [6.45, 7) is 1.13. The standard InChI is InChI=1S/C10H11BrFNO5S/c1-5(14)9(10(15)16)13-19(17,18)6-2-3-7(11)8(12)4-6/h2-5,9,13-14H,1H3,(H,15,16)/t5-,9+/m1/s1. The summed E-state index contributed by atoms with van der Waals surface area (Å²) in [5.41, 5.74) is 0. The molecule has 0 fully saturated rings. The van der Waals surface area contributed by atoms with Crippen LogP contribution in [0, 0.1) is 5.82 Å². The topological polar surface area (TPSA) is 104 Å². The lowest BCUT2D eigenvalue weighted by Crippen LogP contribution is -2.47. The molecule has 1 rings (SSSR count). The van der Waals surface area contributed by atoms with Crippen LogP contribution in [0.4, 0.5) is 4.39 Å². The Morgan fingerprint density at radius 1 is 1.47 bits per heavy atom. The second-order valence-corrected chi connectivity index (χ2v) is 6.32. The highest BCUT2D eigenvalue weighted by Gasteiger charge is 2.29. The second-order valence-electron chi connectivity index (χ2n) is 3.75. The highest BCUT2D eigenvalue weighted by atomic mass is 79.9. The molecule has 1 aromatic rings. The first-order chi connectivity index (χ1) is 8.65. The molecule has 0 amide bonds. The van der Waals surface area contributed by atoms with E-state index in [4.69, 9.17) is 5.11 Å². The van der Waals surface area contributed by atoms with Gasteiger partial charge in [-0.2, -0.15) is 4.72 Å². The molecule has 0 radical (unpaired) electrons. The number of hydrogen-bond acceptors (Lipinski definition) is 4. The van der Waals surface area contributed by atoms with E-state index in [-0.39, 0.29) is 4.47 Å². The molecule has 0 aliphatic heterocycles. The molecule has 0 bridgehead atoms. The molecule has 3 N–H and O–H groups in total. The first kappa shape index (κ1) is 16.0. The number of hydrogen-bond donors (Lipinski definition) is 3. The van der Waals surface area contributed by atoms with E-state index in [1.54, 1.807) is 4.72 Å². The van der Waals surface area contributed by atoms with E-state index in [2.05, 4.69) is 15.9 Å². The number of halogens is 2. The van der Waals surface area contributed by atoms with Crippen LogP contribution in [0.2, 0.25) is 0 Å². The van der Waals surface area contributed by atoms with Crippen LogP contribution in [0.3, 0.4) is 0 Å². The van der Waals surface area contributed by atoms with Gasteiger partial charge in [-0.15, -0.1) is 0 Å². The third-order valence-electron chi connectivity index (χ3n) is 2.23. The minimum atomic E-state index is -4.24. The molecule has 9 heteroatoms. The van der Waals surface area contributed by atoms with E-state index in [1.807, 2.05) is 0 Å². The molecule has 0 aliphatic carbocycles. The zero-order valence-electron chi connectivity index (χ0n) is 9.67. The Morgan fingerprint density at radius 2 is 2.05 bits per heavy atom. The number of carboxylic acids is 1. The van der Waals surface area contributed by atoms with E-state index in [0.29, 0.717) is 0 Å². The number of sulfonamides is 1. The van der Waals surface area contributed by atoms with Gasteiger partial charge in [-0.3, -0.25) is 4.79 Å². The molecule has 0 aliphatic rings. The number of aliphatic carboxylic acids is 1. The van der Waals surface area contributed by atoms with Crippen LogP contribution in [-0.4, -0.2) is 36.7 Å². The normalized spacial score (nSPS) is 14.9. The first-order valence-electron chi connectivity index (χ1n) is 5.03. The van der Waals surface area contributed by atoms with Crippen LogP contribution < -0.4 is 4.72 Å². The van der Waals surface area contributed by atoms with Gasteiger partial charge in [0.15, 0.2) is 0 Å². The largest absolute Gasteiger partial charge is 0.480 e. The van der Waals surface area contributed by atoms with E-state index >= 15 is 0 Å². The molecular formula is C10H11BrFNO5S. The van der Waals surface area contributed by atoms with Crippen molar-refractivity contribution in [2.45, 2.75) is 24.0 Å². The predicted molar refractivity (Wildman–Crippen MR) is 67.5 cm³/mol. The van der Waals surface area contributed by atoms with E-state index in [1.165, 1.54) is 6.07 Å². The number of nitrogens with one attached hydrogen (secondary N) is 1. The molecule has 0 spiro atoms. The van der Waals surface area contributed by atoms with Crippen molar-refractivity contribution < 1.29 is 27.8 Å². The van der Waals surface area contributed by atoms with Gasteiger partial charge in [-0.25, -0.2) is 12.8 Å². The van der Waals surface area contributed by atoms with Crippen molar-refractivity contribution in [2.24, 2.45) is 0 Å². The summed E-state index contributed by atoms with van der Waals surface area (Å²) in [4.78, 5) is 10.4. The smallest absolute Gasteiger partial charge is 0.324 e. The molecule has 0 saturated heterocycles. The molecule has 0 saturated carbocycles. The Morgan fingerprint density at radius 3 is 2.47 bits per heavy atom. The van der Waals surface area contributed by atoms with Crippen LogP contribution in [0.25, 0.3) is 0 Å². The van der Waals surface area contributed by atoms with Crippen LogP contribution in [0.1, 0.15) is 6.92 Å². The molecular weight excluding hydrogens is 345 g/mol. The van der Waals surface area contributed by atoms with Crippen molar-refractivity contribution in [3.8, 4) is 0 Å². The maximum atomic E-state index is 13.3. The van der Waals surface area contributed by atoms with Gasteiger partial charge in [0.25, 0.3) is 0 Å². The van der Waals surface area contributed by atoms with Crippen molar-refractivity contribution in [1.29, 1.82) is 0 Å². The van der Waals surface area contributed by atoms with E-state index in [9.17, 15) is 22.7 Å². The third kappa shape index (κ3) is 3.96. The van der Waals surface area contributed by atoms with Crippen molar-refractivity contribution in [2.75, 3.05) is 0 Å². The van der Waals surface area contributed by atoms with Crippen molar-refractivity contribution in [3.63, 3.8) is 0 Å². The summed E-state index contributed by atoms with van der Waals surface area (Å²) in [6.07, 6.45) is -1.44. The highest BCUT2D eigenvalue weighted by molar-refractivity contribution is 9.10. The number of benzene rings is 1. The van der Waals surface area contributed by atoms with Crippen molar-refractivity contribution in [3.05, 3.63) is 28.5 Å². The molecule has 19 heavy (non-hydrogen) atoms. The van der Waals surface area contributed by atoms with Crippen molar-refractivity contribution >= 4 is 31.9 Å².